The van der Waals surface area contributed by atoms with E-state index in [0.717, 1.165) is 22.9 Å². The van der Waals surface area contributed by atoms with Crippen molar-refractivity contribution in [1.29, 1.82) is 0 Å². The standard InChI is InChI=1S/C16H20BrNO4/c1-10-3-2-4-12(14(10)17)15(19)18-9-13(16(20)21)11-5-7-22-8-6-11/h2-4,11,13H,5-9H2,1H3,(H,18,19)(H,20,21). The number of carbonyl (C=O) groups excluding carboxylic acids is 1. The predicted octanol–water partition coefficient (Wildman–Crippen LogP) is 2.61. The minimum atomic E-state index is -0.865. The van der Waals surface area contributed by atoms with Crippen molar-refractivity contribution in [2.45, 2.75) is 19.8 Å². The summed E-state index contributed by atoms with van der Waals surface area (Å²) in [6, 6.07) is 5.43. The minimum absolute atomic E-state index is 0.0486. The second-order valence-corrected chi connectivity index (χ2v) is 6.33. The van der Waals surface area contributed by atoms with E-state index in [1.165, 1.54) is 0 Å². The summed E-state index contributed by atoms with van der Waals surface area (Å²) in [7, 11) is 0. The number of carbonyl (C=O) groups is 2. The number of rotatable bonds is 5. The second kappa shape index (κ2) is 7.74. The lowest BCUT2D eigenvalue weighted by atomic mass is 9.86. The maximum absolute atomic E-state index is 12.3. The summed E-state index contributed by atoms with van der Waals surface area (Å²) in [5.41, 5.74) is 1.49. The molecule has 2 N–H and O–H groups in total. The highest BCUT2D eigenvalue weighted by atomic mass is 79.9. The zero-order chi connectivity index (χ0) is 16.1. The molecule has 0 saturated carbocycles. The van der Waals surface area contributed by atoms with Crippen molar-refractivity contribution < 1.29 is 19.4 Å². The van der Waals surface area contributed by atoms with Crippen molar-refractivity contribution in [2.75, 3.05) is 19.8 Å². The lowest BCUT2D eigenvalue weighted by Crippen LogP contribution is -2.39. The smallest absolute Gasteiger partial charge is 0.308 e. The average molecular weight is 370 g/mol. The molecule has 22 heavy (non-hydrogen) atoms. The first-order chi connectivity index (χ1) is 10.5. The number of amides is 1. The first-order valence-electron chi connectivity index (χ1n) is 7.34. The van der Waals surface area contributed by atoms with Crippen LogP contribution in [0.15, 0.2) is 22.7 Å². The quantitative estimate of drug-likeness (QED) is 0.836. The number of hydrogen-bond acceptors (Lipinski definition) is 3. The lowest BCUT2D eigenvalue weighted by Gasteiger charge is -2.27. The normalized spacial score (nSPS) is 17.0. The van der Waals surface area contributed by atoms with Gasteiger partial charge in [-0.05, 0) is 53.2 Å². The molecule has 1 saturated heterocycles. The van der Waals surface area contributed by atoms with Gasteiger partial charge in [-0.1, -0.05) is 12.1 Å². The molecular formula is C16H20BrNO4. The van der Waals surface area contributed by atoms with Gasteiger partial charge in [-0.25, -0.2) is 0 Å². The van der Waals surface area contributed by atoms with Gasteiger partial charge >= 0.3 is 5.97 Å². The van der Waals surface area contributed by atoms with E-state index < -0.39 is 11.9 Å². The molecule has 6 heteroatoms. The third-order valence-electron chi connectivity index (χ3n) is 4.07. The molecule has 2 rings (SSSR count). The van der Waals surface area contributed by atoms with Crippen molar-refractivity contribution in [2.24, 2.45) is 11.8 Å². The number of carboxylic acids is 1. The Kier molecular flexibility index (Phi) is 5.97. The molecule has 1 aliphatic rings. The van der Waals surface area contributed by atoms with Crippen LogP contribution in [-0.2, 0) is 9.53 Å². The van der Waals surface area contributed by atoms with E-state index in [9.17, 15) is 14.7 Å². The van der Waals surface area contributed by atoms with Crippen LogP contribution in [0.25, 0.3) is 0 Å². The van der Waals surface area contributed by atoms with Crippen LogP contribution in [0.2, 0.25) is 0 Å². The molecular weight excluding hydrogens is 350 g/mol. The van der Waals surface area contributed by atoms with Crippen LogP contribution in [-0.4, -0.2) is 36.7 Å². The molecule has 1 aromatic carbocycles. The molecule has 1 atom stereocenters. The van der Waals surface area contributed by atoms with Crippen molar-refractivity contribution >= 4 is 27.8 Å². The molecule has 1 amide bonds. The van der Waals surface area contributed by atoms with Crippen molar-refractivity contribution in [3.63, 3.8) is 0 Å². The van der Waals surface area contributed by atoms with Crippen molar-refractivity contribution in [3.8, 4) is 0 Å². The van der Waals surface area contributed by atoms with Gasteiger partial charge in [0.25, 0.3) is 5.91 Å². The Bertz CT molecular complexity index is 555. The third kappa shape index (κ3) is 4.08. The van der Waals surface area contributed by atoms with Gasteiger partial charge in [0.15, 0.2) is 0 Å². The molecule has 1 aliphatic heterocycles. The highest BCUT2D eigenvalue weighted by Crippen LogP contribution is 2.24. The van der Waals surface area contributed by atoms with Gasteiger partial charge in [0.2, 0.25) is 0 Å². The molecule has 1 unspecified atom stereocenters. The fourth-order valence-corrected chi connectivity index (χ4v) is 3.14. The van der Waals surface area contributed by atoms with Crippen LogP contribution in [0, 0.1) is 18.8 Å². The molecule has 0 aliphatic carbocycles. The second-order valence-electron chi connectivity index (χ2n) is 5.54. The number of halogens is 1. The van der Waals surface area contributed by atoms with Gasteiger partial charge in [0, 0.05) is 24.2 Å². The van der Waals surface area contributed by atoms with Crippen LogP contribution < -0.4 is 5.32 Å². The fraction of sp³-hybridized carbons (Fsp3) is 0.500. The van der Waals surface area contributed by atoms with Crippen molar-refractivity contribution in [1.82, 2.24) is 5.32 Å². The molecule has 0 aromatic heterocycles. The average Bonchev–Trinajstić information content (AvgIpc) is 2.50. The van der Waals surface area contributed by atoms with E-state index in [0.29, 0.717) is 18.8 Å². The van der Waals surface area contributed by atoms with Crippen LogP contribution in [0.1, 0.15) is 28.8 Å². The Hall–Kier alpha value is -1.40. The molecule has 5 nitrogen and oxygen atoms in total. The number of benzene rings is 1. The maximum Gasteiger partial charge on any atom is 0.308 e. The van der Waals surface area contributed by atoms with Crippen LogP contribution in [0.3, 0.4) is 0 Å². The number of carboxylic acid groups (broad SMARTS) is 1. The Morgan fingerprint density at radius 1 is 1.41 bits per heavy atom. The van der Waals surface area contributed by atoms with Gasteiger partial charge in [-0.3, -0.25) is 9.59 Å². The van der Waals surface area contributed by atoms with Crippen LogP contribution >= 0.6 is 15.9 Å². The highest BCUT2D eigenvalue weighted by molar-refractivity contribution is 9.10. The van der Waals surface area contributed by atoms with E-state index in [4.69, 9.17) is 4.74 Å². The number of aliphatic carboxylic acids is 1. The van der Waals surface area contributed by atoms with Crippen LogP contribution in [0.5, 0.6) is 0 Å². The Morgan fingerprint density at radius 3 is 2.73 bits per heavy atom. The molecule has 0 radical (unpaired) electrons. The zero-order valence-corrected chi connectivity index (χ0v) is 14.1. The summed E-state index contributed by atoms with van der Waals surface area (Å²) in [6.07, 6.45) is 1.45. The number of ether oxygens (including phenoxy) is 1. The Morgan fingerprint density at radius 2 is 2.09 bits per heavy atom. The summed E-state index contributed by atoms with van der Waals surface area (Å²) >= 11 is 3.40. The topological polar surface area (TPSA) is 75.6 Å². The lowest BCUT2D eigenvalue weighted by molar-refractivity contribution is -0.144. The van der Waals surface area contributed by atoms with Crippen molar-refractivity contribution in [3.05, 3.63) is 33.8 Å². The van der Waals surface area contributed by atoms with Gasteiger partial charge < -0.3 is 15.2 Å². The van der Waals surface area contributed by atoms with E-state index in [-0.39, 0.29) is 18.4 Å². The fourth-order valence-electron chi connectivity index (χ4n) is 2.69. The SMILES string of the molecule is Cc1cccc(C(=O)NCC(C(=O)O)C2CCOCC2)c1Br. The van der Waals surface area contributed by atoms with E-state index in [1.54, 1.807) is 6.07 Å². The summed E-state index contributed by atoms with van der Waals surface area (Å²) < 4.78 is 6.01. The first kappa shape index (κ1) is 17.0. The first-order valence-corrected chi connectivity index (χ1v) is 8.14. The largest absolute Gasteiger partial charge is 0.481 e. The molecule has 1 fully saturated rings. The Labute approximate surface area is 138 Å². The maximum atomic E-state index is 12.3. The summed E-state index contributed by atoms with van der Waals surface area (Å²) in [5.74, 6) is -1.65. The summed E-state index contributed by atoms with van der Waals surface area (Å²) in [5, 5.41) is 12.2. The van der Waals surface area contributed by atoms with Gasteiger partial charge in [0.05, 0.1) is 11.5 Å². The molecule has 0 bridgehead atoms. The Balaban J connectivity index is 2.01. The van der Waals surface area contributed by atoms with Gasteiger partial charge in [-0.2, -0.15) is 0 Å². The highest BCUT2D eigenvalue weighted by Gasteiger charge is 2.30. The molecule has 0 spiro atoms. The number of hydrogen-bond donors (Lipinski definition) is 2. The monoisotopic (exact) mass is 369 g/mol. The molecule has 1 aromatic rings. The third-order valence-corrected chi connectivity index (χ3v) is 5.12. The van der Waals surface area contributed by atoms with E-state index in [1.807, 2.05) is 19.1 Å². The van der Waals surface area contributed by atoms with E-state index in [2.05, 4.69) is 21.2 Å². The molecule has 120 valence electrons. The minimum Gasteiger partial charge on any atom is -0.481 e. The zero-order valence-electron chi connectivity index (χ0n) is 12.5. The van der Waals surface area contributed by atoms with Crippen LogP contribution in [0.4, 0.5) is 0 Å². The van der Waals surface area contributed by atoms with Gasteiger partial charge in [0.1, 0.15) is 0 Å². The molecule has 1 heterocycles. The number of aryl methyl sites for hydroxylation is 1. The number of nitrogens with one attached hydrogen (secondary N) is 1. The van der Waals surface area contributed by atoms with Gasteiger partial charge in [-0.15, -0.1) is 0 Å². The summed E-state index contributed by atoms with van der Waals surface area (Å²) in [4.78, 5) is 23.7. The summed E-state index contributed by atoms with van der Waals surface area (Å²) in [6.45, 7) is 3.22. The van der Waals surface area contributed by atoms with E-state index >= 15 is 0 Å². The predicted molar refractivity (Wildman–Crippen MR) is 85.9 cm³/mol.